The Labute approximate surface area is 125 Å². The number of ether oxygens (including phenoxy) is 2. The molecular formula is C16H23NO4. The molecule has 0 radical (unpaired) electrons. The molecule has 1 aromatic carbocycles. The minimum Gasteiger partial charge on any atom is -0.463 e. The van der Waals surface area contributed by atoms with E-state index in [1.807, 2.05) is 26.8 Å². The quantitative estimate of drug-likeness (QED) is 0.644. The molecule has 1 aromatic rings. The first-order chi connectivity index (χ1) is 9.90. The largest absolute Gasteiger partial charge is 0.463 e. The van der Waals surface area contributed by atoms with Gasteiger partial charge in [0, 0.05) is 5.69 Å². The Balaban J connectivity index is 2.91. The maximum Gasteiger partial charge on any atom is 0.347 e. The molecule has 1 rings (SSSR count). The second kappa shape index (κ2) is 7.67. The zero-order valence-electron chi connectivity index (χ0n) is 13.1. The van der Waals surface area contributed by atoms with Gasteiger partial charge in [-0.2, -0.15) is 0 Å². The molecule has 0 aromatic heterocycles. The lowest BCUT2D eigenvalue weighted by atomic mass is 10.0. The number of hydrogen-bond donors (Lipinski definition) is 1. The average Bonchev–Trinajstić information content (AvgIpc) is 2.42. The molecular weight excluding hydrogens is 270 g/mol. The minimum absolute atomic E-state index is 0.257. The summed E-state index contributed by atoms with van der Waals surface area (Å²) in [4.78, 5) is 24.0. The number of aryl methyl sites for hydroxylation is 2. The van der Waals surface area contributed by atoms with Crippen LogP contribution in [0.1, 0.15) is 48.2 Å². The molecule has 5 nitrogen and oxygen atoms in total. The zero-order valence-corrected chi connectivity index (χ0v) is 13.1. The van der Waals surface area contributed by atoms with Crippen molar-refractivity contribution >= 4 is 17.6 Å². The Morgan fingerprint density at radius 3 is 2.43 bits per heavy atom. The van der Waals surface area contributed by atoms with E-state index in [2.05, 4.69) is 0 Å². The first kappa shape index (κ1) is 17.0. The molecule has 0 fully saturated rings. The van der Waals surface area contributed by atoms with Crippen molar-refractivity contribution in [3.8, 4) is 0 Å². The number of carbonyl (C=O) groups excluding carboxylic acids is 2. The van der Waals surface area contributed by atoms with E-state index < -0.39 is 18.0 Å². The van der Waals surface area contributed by atoms with Gasteiger partial charge in [-0.25, -0.2) is 9.59 Å². The normalized spacial score (nSPS) is 11.8. The third-order valence-corrected chi connectivity index (χ3v) is 3.18. The molecule has 0 aliphatic rings. The number of nitrogens with two attached hydrogens (primary N) is 1. The molecule has 0 spiro atoms. The van der Waals surface area contributed by atoms with Crippen molar-refractivity contribution in [2.24, 2.45) is 0 Å². The van der Waals surface area contributed by atoms with Crippen LogP contribution >= 0.6 is 0 Å². The van der Waals surface area contributed by atoms with E-state index >= 15 is 0 Å². The SMILES string of the molecule is CCCC(OC(=O)c1cc(N)c(C)cc1C)C(=O)OCC. The highest BCUT2D eigenvalue weighted by Crippen LogP contribution is 2.20. The number of carbonyl (C=O) groups is 2. The van der Waals surface area contributed by atoms with Crippen LogP contribution in [0, 0.1) is 13.8 Å². The van der Waals surface area contributed by atoms with Gasteiger partial charge >= 0.3 is 11.9 Å². The maximum absolute atomic E-state index is 12.2. The summed E-state index contributed by atoms with van der Waals surface area (Å²) in [5.74, 6) is -1.06. The van der Waals surface area contributed by atoms with Crippen LogP contribution in [0.5, 0.6) is 0 Å². The molecule has 1 atom stereocenters. The Hall–Kier alpha value is -2.04. The second-order valence-electron chi connectivity index (χ2n) is 4.96. The highest BCUT2D eigenvalue weighted by atomic mass is 16.6. The number of esters is 2. The molecule has 5 heteroatoms. The highest BCUT2D eigenvalue weighted by Gasteiger charge is 2.25. The lowest BCUT2D eigenvalue weighted by molar-refractivity contribution is -0.153. The smallest absolute Gasteiger partial charge is 0.347 e. The standard InChI is InChI=1S/C16H23NO4/c1-5-7-14(16(19)20-6-2)21-15(18)12-9-13(17)11(4)8-10(12)3/h8-9,14H,5-7,17H2,1-4H3. The topological polar surface area (TPSA) is 78.6 Å². The number of hydrogen-bond acceptors (Lipinski definition) is 5. The highest BCUT2D eigenvalue weighted by molar-refractivity contribution is 5.94. The van der Waals surface area contributed by atoms with E-state index in [9.17, 15) is 9.59 Å². The van der Waals surface area contributed by atoms with E-state index in [4.69, 9.17) is 15.2 Å². The summed E-state index contributed by atoms with van der Waals surface area (Å²) in [5, 5.41) is 0. The van der Waals surface area contributed by atoms with Gasteiger partial charge < -0.3 is 15.2 Å². The fraction of sp³-hybridized carbons (Fsp3) is 0.500. The Morgan fingerprint density at radius 1 is 1.19 bits per heavy atom. The third-order valence-electron chi connectivity index (χ3n) is 3.18. The summed E-state index contributed by atoms with van der Waals surface area (Å²) < 4.78 is 10.2. The van der Waals surface area contributed by atoms with Gasteiger partial charge in [0.05, 0.1) is 12.2 Å². The van der Waals surface area contributed by atoms with E-state index in [1.54, 1.807) is 13.0 Å². The fourth-order valence-electron chi connectivity index (χ4n) is 2.00. The maximum atomic E-state index is 12.2. The van der Waals surface area contributed by atoms with Crippen LogP contribution < -0.4 is 5.73 Å². The van der Waals surface area contributed by atoms with Gasteiger partial charge in [0.2, 0.25) is 0 Å². The lowest BCUT2D eigenvalue weighted by Gasteiger charge is -2.17. The Kier molecular flexibility index (Phi) is 6.21. The summed E-state index contributed by atoms with van der Waals surface area (Å²) in [6.45, 7) is 7.56. The summed E-state index contributed by atoms with van der Waals surface area (Å²) >= 11 is 0. The number of benzene rings is 1. The van der Waals surface area contributed by atoms with Gasteiger partial charge in [0.15, 0.2) is 6.10 Å². The summed E-state index contributed by atoms with van der Waals surface area (Å²) in [6.07, 6.45) is 0.279. The van der Waals surface area contributed by atoms with Crippen LogP contribution in [-0.4, -0.2) is 24.6 Å². The predicted molar refractivity (Wildman–Crippen MR) is 81.1 cm³/mol. The molecule has 0 saturated heterocycles. The van der Waals surface area contributed by atoms with E-state index in [0.717, 1.165) is 11.1 Å². The summed E-state index contributed by atoms with van der Waals surface area (Å²) in [5.41, 5.74) is 8.40. The van der Waals surface area contributed by atoms with Crippen molar-refractivity contribution in [1.29, 1.82) is 0 Å². The molecule has 0 amide bonds. The van der Waals surface area contributed by atoms with Gasteiger partial charge in [-0.05, 0) is 44.4 Å². The molecule has 0 aliphatic heterocycles. The predicted octanol–water partition coefficient (Wildman–Crippen LogP) is 2.77. The van der Waals surface area contributed by atoms with Crippen LogP contribution in [0.4, 0.5) is 5.69 Å². The van der Waals surface area contributed by atoms with Crippen LogP contribution in [0.3, 0.4) is 0 Å². The van der Waals surface area contributed by atoms with E-state index in [-0.39, 0.29) is 6.61 Å². The second-order valence-corrected chi connectivity index (χ2v) is 4.96. The minimum atomic E-state index is -0.871. The molecule has 0 bridgehead atoms. The molecule has 21 heavy (non-hydrogen) atoms. The molecule has 0 saturated carbocycles. The van der Waals surface area contributed by atoms with Crippen LogP contribution in [-0.2, 0) is 14.3 Å². The molecule has 0 heterocycles. The van der Waals surface area contributed by atoms with Crippen LogP contribution in [0.2, 0.25) is 0 Å². The third kappa shape index (κ3) is 4.48. The first-order valence-corrected chi connectivity index (χ1v) is 7.15. The first-order valence-electron chi connectivity index (χ1n) is 7.15. The van der Waals surface area contributed by atoms with Crippen molar-refractivity contribution < 1.29 is 19.1 Å². The number of rotatable bonds is 6. The molecule has 2 N–H and O–H groups in total. The molecule has 1 unspecified atom stereocenters. The monoisotopic (exact) mass is 293 g/mol. The lowest BCUT2D eigenvalue weighted by Crippen LogP contribution is -2.29. The van der Waals surface area contributed by atoms with Crippen LogP contribution in [0.15, 0.2) is 12.1 Å². The zero-order chi connectivity index (χ0) is 16.0. The van der Waals surface area contributed by atoms with E-state index in [0.29, 0.717) is 24.1 Å². The summed E-state index contributed by atoms with van der Waals surface area (Å²) in [7, 11) is 0. The Bertz CT molecular complexity index is 525. The van der Waals surface area contributed by atoms with Crippen molar-refractivity contribution in [3.05, 3.63) is 28.8 Å². The van der Waals surface area contributed by atoms with Gasteiger partial charge in [-0.3, -0.25) is 0 Å². The van der Waals surface area contributed by atoms with Crippen molar-refractivity contribution in [2.75, 3.05) is 12.3 Å². The van der Waals surface area contributed by atoms with Crippen molar-refractivity contribution in [2.45, 2.75) is 46.6 Å². The van der Waals surface area contributed by atoms with Crippen molar-refractivity contribution in [3.63, 3.8) is 0 Å². The van der Waals surface area contributed by atoms with Gasteiger partial charge in [-0.1, -0.05) is 19.4 Å². The van der Waals surface area contributed by atoms with E-state index in [1.165, 1.54) is 0 Å². The van der Waals surface area contributed by atoms with Gasteiger partial charge in [0.1, 0.15) is 0 Å². The average molecular weight is 293 g/mol. The summed E-state index contributed by atoms with van der Waals surface area (Å²) in [6, 6.07) is 3.41. The molecule has 116 valence electrons. The van der Waals surface area contributed by atoms with Gasteiger partial charge in [-0.15, -0.1) is 0 Å². The number of anilines is 1. The van der Waals surface area contributed by atoms with Crippen molar-refractivity contribution in [1.82, 2.24) is 0 Å². The molecule has 0 aliphatic carbocycles. The van der Waals surface area contributed by atoms with Crippen LogP contribution in [0.25, 0.3) is 0 Å². The Morgan fingerprint density at radius 2 is 1.86 bits per heavy atom. The number of nitrogen functional groups attached to an aromatic ring is 1. The fourth-order valence-corrected chi connectivity index (χ4v) is 2.00. The van der Waals surface area contributed by atoms with Gasteiger partial charge in [0.25, 0.3) is 0 Å².